The zero-order valence-electron chi connectivity index (χ0n) is 28.1. The first-order chi connectivity index (χ1) is 22.7. The van der Waals surface area contributed by atoms with Gasteiger partial charge in [-0.15, -0.1) is 0 Å². The minimum Gasteiger partial charge on any atom is -0.460 e. The highest BCUT2D eigenvalue weighted by Crippen LogP contribution is 2.18. The molecule has 272 valence electrons. The third-order valence-corrected chi connectivity index (χ3v) is 8.44. The second-order valence-corrected chi connectivity index (χ2v) is 14.4. The highest BCUT2D eigenvalue weighted by Gasteiger charge is 2.37. The van der Waals surface area contributed by atoms with E-state index in [1.807, 2.05) is 0 Å². The molecule has 0 bridgehead atoms. The molecular weight excluding hydrogens is 664 g/mol. The number of carbonyl (C=O) groups excluding carboxylic acids is 6. The average molecular weight is 711 g/mol. The van der Waals surface area contributed by atoms with Crippen molar-refractivity contribution in [2.75, 3.05) is 18.4 Å². The van der Waals surface area contributed by atoms with E-state index in [4.69, 9.17) is 10.5 Å². The molecule has 0 spiro atoms. The Balaban J connectivity index is 2.16. The summed E-state index contributed by atoms with van der Waals surface area (Å²) >= 11 is 0. The number of rotatable bonds is 18. The number of hydrogen-bond acceptors (Lipinski definition) is 12. The molecule has 1 heterocycles. The molecule has 0 aliphatic carbocycles. The number of carbonyl (C=O) groups is 6. The Labute approximate surface area is 285 Å². The SMILES string of the molecule is CC(C)[C@H](NC(=O)[C@H](CCN1C(=O)C=CC1=O)S(=O)(=O)O)C(=O)N[C@@H](CCCNC(N)O)C(=O)Nc1ccc(COC(=O)C(C)(C)C)cc1. The van der Waals surface area contributed by atoms with Gasteiger partial charge in [0, 0.05) is 24.4 Å². The van der Waals surface area contributed by atoms with Crippen molar-refractivity contribution in [2.24, 2.45) is 17.1 Å². The molecule has 1 aromatic carbocycles. The lowest BCUT2D eigenvalue weighted by Gasteiger charge is -2.27. The van der Waals surface area contributed by atoms with Crippen molar-refractivity contribution in [3.63, 3.8) is 0 Å². The van der Waals surface area contributed by atoms with Gasteiger partial charge in [0.25, 0.3) is 21.9 Å². The van der Waals surface area contributed by atoms with Gasteiger partial charge in [-0.2, -0.15) is 8.42 Å². The Hall–Kier alpha value is -4.23. The van der Waals surface area contributed by atoms with Gasteiger partial charge in [-0.1, -0.05) is 26.0 Å². The quantitative estimate of drug-likeness (QED) is 0.0334. The van der Waals surface area contributed by atoms with Crippen molar-refractivity contribution in [2.45, 2.75) is 84.2 Å². The number of amides is 5. The molecular formula is C31H46N6O11S. The molecule has 0 saturated carbocycles. The number of esters is 1. The van der Waals surface area contributed by atoms with Gasteiger partial charge in [0.05, 0.1) is 5.41 Å². The fourth-order valence-electron chi connectivity index (χ4n) is 4.46. The minimum absolute atomic E-state index is 0.0233. The normalized spacial score (nSPS) is 15.8. The van der Waals surface area contributed by atoms with Gasteiger partial charge in [-0.25, -0.2) is 0 Å². The second kappa shape index (κ2) is 18.0. The molecule has 0 fully saturated rings. The summed E-state index contributed by atoms with van der Waals surface area (Å²) in [5.41, 5.74) is 5.65. The molecule has 49 heavy (non-hydrogen) atoms. The lowest BCUT2D eigenvalue weighted by Crippen LogP contribution is -2.56. The van der Waals surface area contributed by atoms with Gasteiger partial charge < -0.3 is 25.8 Å². The maximum absolute atomic E-state index is 13.5. The van der Waals surface area contributed by atoms with Gasteiger partial charge in [-0.3, -0.25) is 49.3 Å². The summed E-state index contributed by atoms with van der Waals surface area (Å²) in [5.74, 6) is -5.15. The van der Waals surface area contributed by atoms with Gasteiger partial charge in [0.2, 0.25) is 17.7 Å². The van der Waals surface area contributed by atoms with E-state index in [1.54, 1.807) is 58.9 Å². The summed E-state index contributed by atoms with van der Waals surface area (Å²) in [7, 11) is -5.04. The first-order valence-electron chi connectivity index (χ1n) is 15.5. The van der Waals surface area contributed by atoms with Crippen LogP contribution in [0.3, 0.4) is 0 Å². The number of nitrogens with one attached hydrogen (secondary N) is 4. The summed E-state index contributed by atoms with van der Waals surface area (Å²) in [6.45, 7) is 8.02. The number of nitrogens with zero attached hydrogens (tertiary/aromatic N) is 1. The van der Waals surface area contributed by atoms with E-state index in [0.29, 0.717) is 16.2 Å². The van der Waals surface area contributed by atoms with E-state index in [1.165, 1.54) is 0 Å². The highest BCUT2D eigenvalue weighted by molar-refractivity contribution is 7.87. The standard InChI is InChI=1S/C31H46N6O11S/c1-18(2)25(36-27(41)22(49(45,46)47)14-16-37-23(38)12-13-24(37)39)28(42)35-21(7-6-15-33-30(32)44)26(40)34-20-10-8-19(9-11-20)17-48-29(43)31(3,4)5/h8-13,18,21-22,25,30,33,44H,6-7,14-17,32H2,1-5H3,(H,34,40)(H,35,42)(H,36,41)(H,45,46,47)/t21-,22-,25-,30?/m0/s1. The summed E-state index contributed by atoms with van der Waals surface area (Å²) in [4.78, 5) is 76.4. The lowest BCUT2D eigenvalue weighted by atomic mass is 9.97. The molecule has 17 nitrogen and oxygen atoms in total. The zero-order valence-corrected chi connectivity index (χ0v) is 28.9. The number of ether oxygens (including phenoxy) is 1. The number of anilines is 1. The fourth-order valence-corrected chi connectivity index (χ4v) is 5.20. The van der Waals surface area contributed by atoms with Crippen LogP contribution in [0.1, 0.15) is 59.4 Å². The molecule has 1 aliphatic heterocycles. The summed E-state index contributed by atoms with van der Waals surface area (Å²) < 4.78 is 39.3. The Bertz CT molecular complexity index is 1490. The topological polar surface area (TPSA) is 264 Å². The average Bonchev–Trinajstić information content (AvgIpc) is 3.31. The van der Waals surface area contributed by atoms with E-state index in [0.717, 1.165) is 12.2 Å². The summed E-state index contributed by atoms with van der Waals surface area (Å²) in [6, 6.07) is 3.90. The van der Waals surface area contributed by atoms with E-state index < -0.39 is 87.6 Å². The van der Waals surface area contributed by atoms with Crippen molar-refractivity contribution in [3.05, 3.63) is 42.0 Å². The Morgan fingerprint density at radius 2 is 1.53 bits per heavy atom. The first kappa shape index (κ1) is 40.9. The van der Waals surface area contributed by atoms with E-state index >= 15 is 0 Å². The van der Waals surface area contributed by atoms with Crippen LogP contribution >= 0.6 is 0 Å². The van der Waals surface area contributed by atoms with Crippen LogP contribution in [0.25, 0.3) is 0 Å². The van der Waals surface area contributed by atoms with Crippen LogP contribution in [0.2, 0.25) is 0 Å². The lowest BCUT2D eigenvalue weighted by molar-refractivity contribution is -0.154. The van der Waals surface area contributed by atoms with Crippen LogP contribution in [0.5, 0.6) is 0 Å². The molecule has 2 rings (SSSR count). The molecule has 18 heteroatoms. The summed E-state index contributed by atoms with van der Waals surface area (Å²) in [6.07, 6.45) is 0.324. The number of nitrogens with two attached hydrogens (primary N) is 1. The van der Waals surface area contributed by atoms with Gasteiger partial charge in [0.1, 0.15) is 18.7 Å². The Morgan fingerprint density at radius 1 is 0.939 bits per heavy atom. The van der Waals surface area contributed by atoms with Gasteiger partial charge >= 0.3 is 5.97 Å². The fraction of sp³-hybridized carbons (Fsp3) is 0.548. The predicted molar refractivity (Wildman–Crippen MR) is 176 cm³/mol. The molecule has 8 N–H and O–H groups in total. The predicted octanol–water partition coefficient (Wildman–Crippen LogP) is -0.484. The van der Waals surface area contributed by atoms with Crippen LogP contribution in [0.15, 0.2) is 36.4 Å². The first-order valence-corrected chi connectivity index (χ1v) is 17.1. The number of benzene rings is 1. The molecule has 0 saturated heterocycles. The second-order valence-electron chi connectivity index (χ2n) is 12.8. The van der Waals surface area contributed by atoms with Crippen molar-refractivity contribution in [1.82, 2.24) is 20.9 Å². The van der Waals surface area contributed by atoms with Crippen LogP contribution in [0, 0.1) is 11.3 Å². The number of aliphatic hydroxyl groups excluding tert-OH is 1. The Morgan fingerprint density at radius 3 is 2.04 bits per heavy atom. The number of hydrogen-bond donors (Lipinski definition) is 7. The van der Waals surface area contributed by atoms with Crippen LogP contribution in [-0.4, -0.2) is 95.3 Å². The molecule has 1 aromatic rings. The summed E-state index contributed by atoms with van der Waals surface area (Å²) in [5, 5.41) is 17.3. The van der Waals surface area contributed by atoms with E-state index in [2.05, 4.69) is 21.3 Å². The van der Waals surface area contributed by atoms with Crippen LogP contribution in [-0.2, 0) is 50.2 Å². The van der Waals surface area contributed by atoms with Crippen molar-refractivity contribution in [1.29, 1.82) is 0 Å². The van der Waals surface area contributed by atoms with E-state index in [9.17, 15) is 46.8 Å². The Kier molecular flexibility index (Phi) is 15.0. The third-order valence-electron chi connectivity index (χ3n) is 7.27. The minimum atomic E-state index is -5.04. The van der Waals surface area contributed by atoms with Crippen LogP contribution in [0.4, 0.5) is 5.69 Å². The third kappa shape index (κ3) is 13.3. The van der Waals surface area contributed by atoms with Crippen molar-refractivity contribution < 1.29 is 51.6 Å². The monoisotopic (exact) mass is 710 g/mol. The molecule has 0 aromatic heterocycles. The molecule has 4 atom stereocenters. The number of imide groups is 1. The maximum Gasteiger partial charge on any atom is 0.311 e. The van der Waals surface area contributed by atoms with Crippen molar-refractivity contribution >= 4 is 51.3 Å². The molecule has 0 radical (unpaired) electrons. The molecule has 1 unspecified atom stereocenters. The molecule has 5 amide bonds. The largest absolute Gasteiger partial charge is 0.460 e. The maximum atomic E-state index is 13.5. The zero-order chi connectivity index (χ0) is 37.1. The van der Waals surface area contributed by atoms with Gasteiger partial charge in [0.15, 0.2) is 11.6 Å². The number of aliphatic hydroxyl groups is 1. The molecule has 1 aliphatic rings. The van der Waals surface area contributed by atoms with Gasteiger partial charge in [-0.05, 0) is 70.2 Å². The highest BCUT2D eigenvalue weighted by atomic mass is 32.2. The van der Waals surface area contributed by atoms with E-state index in [-0.39, 0.29) is 32.0 Å². The smallest absolute Gasteiger partial charge is 0.311 e. The van der Waals surface area contributed by atoms with Crippen molar-refractivity contribution in [3.8, 4) is 0 Å². The van der Waals surface area contributed by atoms with Crippen LogP contribution < -0.4 is 27.0 Å².